The zero-order valence-electron chi connectivity index (χ0n) is 12.9. The summed E-state index contributed by atoms with van der Waals surface area (Å²) in [4.78, 5) is 38.0. The van der Waals surface area contributed by atoms with E-state index in [0.717, 1.165) is 0 Å². The average Bonchev–Trinajstić information content (AvgIpc) is 2.47. The van der Waals surface area contributed by atoms with E-state index in [1.807, 2.05) is 0 Å². The minimum absolute atomic E-state index is 0.0624. The van der Waals surface area contributed by atoms with Gasteiger partial charge < -0.3 is 38.0 Å². The summed E-state index contributed by atoms with van der Waals surface area (Å²) in [5, 5.41) is 22.2. The second kappa shape index (κ2) is 10.3. The first-order valence-corrected chi connectivity index (χ1v) is 6.94. The molecule has 0 saturated heterocycles. The molecule has 3 unspecified atom stereocenters. The van der Waals surface area contributed by atoms with Crippen LogP contribution < -0.4 is 27.8 Å². The topological polar surface area (TPSA) is 206 Å². The van der Waals surface area contributed by atoms with Crippen LogP contribution in [0.25, 0.3) is 0 Å². The third kappa shape index (κ3) is 8.58. The molecule has 0 saturated carbocycles. The first kappa shape index (κ1) is 20.6. The van der Waals surface area contributed by atoms with E-state index in [1.165, 1.54) is 6.92 Å². The summed E-state index contributed by atoms with van der Waals surface area (Å²) in [7, 11) is 0. The molecule has 0 rings (SSSR count). The van der Waals surface area contributed by atoms with Crippen molar-refractivity contribution in [1.29, 1.82) is 0 Å². The molecule has 0 aromatic heterocycles. The van der Waals surface area contributed by atoms with E-state index < -0.39 is 42.5 Å². The lowest BCUT2D eigenvalue weighted by molar-refractivity contribution is -0.142. The first-order valence-electron chi connectivity index (χ1n) is 6.94. The first-order chi connectivity index (χ1) is 10.7. The molecular formula is C12H24N6O5. The van der Waals surface area contributed by atoms with Crippen LogP contribution in [0, 0.1) is 0 Å². The molecule has 0 spiro atoms. The number of carboxylic acids is 1. The maximum atomic E-state index is 11.8. The van der Waals surface area contributed by atoms with Crippen LogP contribution in [0.15, 0.2) is 4.99 Å². The summed E-state index contributed by atoms with van der Waals surface area (Å²) in [5.74, 6) is -2.76. The quantitative estimate of drug-likeness (QED) is 0.121. The number of rotatable bonds is 10. The van der Waals surface area contributed by atoms with Gasteiger partial charge in [0.1, 0.15) is 12.1 Å². The largest absolute Gasteiger partial charge is 0.480 e. The molecule has 10 N–H and O–H groups in total. The number of nitrogens with one attached hydrogen (secondary N) is 2. The summed E-state index contributed by atoms with van der Waals surface area (Å²) in [6.07, 6.45) is 0.729. The summed E-state index contributed by atoms with van der Waals surface area (Å²) in [6, 6.07) is -3.35. The number of carbonyl (C=O) groups excluding carboxylic acids is 2. The molecule has 132 valence electrons. The monoisotopic (exact) mass is 332 g/mol. The highest BCUT2D eigenvalue weighted by molar-refractivity contribution is 5.91. The van der Waals surface area contributed by atoms with Crippen LogP contribution in [0.3, 0.4) is 0 Å². The van der Waals surface area contributed by atoms with E-state index in [9.17, 15) is 14.4 Å². The van der Waals surface area contributed by atoms with E-state index >= 15 is 0 Å². The molecule has 3 atom stereocenters. The van der Waals surface area contributed by atoms with Crippen LogP contribution in [0.4, 0.5) is 0 Å². The van der Waals surface area contributed by atoms with Gasteiger partial charge in [-0.1, -0.05) is 0 Å². The zero-order chi connectivity index (χ0) is 18.0. The van der Waals surface area contributed by atoms with Gasteiger partial charge in [-0.2, -0.15) is 0 Å². The van der Waals surface area contributed by atoms with Gasteiger partial charge in [-0.05, 0) is 19.8 Å². The molecule has 0 aliphatic heterocycles. The minimum atomic E-state index is -1.28. The number of nitrogens with two attached hydrogens (primary N) is 3. The van der Waals surface area contributed by atoms with Crippen molar-refractivity contribution in [3.63, 3.8) is 0 Å². The lowest BCUT2D eigenvalue weighted by Gasteiger charge is -2.20. The van der Waals surface area contributed by atoms with Crippen molar-refractivity contribution in [2.45, 2.75) is 37.9 Å². The van der Waals surface area contributed by atoms with Gasteiger partial charge in [0.2, 0.25) is 11.8 Å². The summed E-state index contributed by atoms with van der Waals surface area (Å²) >= 11 is 0. The Labute approximate surface area is 133 Å². The second-order valence-corrected chi connectivity index (χ2v) is 4.87. The molecule has 0 bridgehead atoms. The predicted octanol–water partition coefficient (Wildman–Crippen LogP) is -3.57. The number of aliphatic imine (C=N–C) groups is 1. The van der Waals surface area contributed by atoms with Gasteiger partial charge in [-0.25, -0.2) is 0 Å². The van der Waals surface area contributed by atoms with E-state index in [1.54, 1.807) is 0 Å². The Morgan fingerprint density at radius 2 is 1.78 bits per heavy atom. The fourth-order valence-corrected chi connectivity index (χ4v) is 1.50. The Morgan fingerprint density at radius 3 is 2.26 bits per heavy atom. The predicted molar refractivity (Wildman–Crippen MR) is 82.1 cm³/mol. The second-order valence-electron chi connectivity index (χ2n) is 4.87. The van der Waals surface area contributed by atoms with Crippen LogP contribution in [0.1, 0.15) is 19.8 Å². The molecular weight excluding hydrogens is 308 g/mol. The van der Waals surface area contributed by atoms with Gasteiger partial charge in [-0.15, -0.1) is 0 Å². The van der Waals surface area contributed by atoms with E-state index in [0.29, 0.717) is 13.0 Å². The van der Waals surface area contributed by atoms with Crippen molar-refractivity contribution in [2.24, 2.45) is 22.2 Å². The van der Waals surface area contributed by atoms with Crippen LogP contribution in [-0.2, 0) is 14.4 Å². The molecule has 0 aliphatic carbocycles. The lowest BCUT2D eigenvalue weighted by atomic mass is 10.1. The molecule has 11 heteroatoms. The van der Waals surface area contributed by atoms with Crippen molar-refractivity contribution in [3.8, 4) is 0 Å². The summed E-state index contributed by atoms with van der Waals surface area (Å²) < 4.78 is 0. The number of aliphatic carboxylic acids is 1. The number of hydrogen-bond acceptors (Lipinski definition) is 6. The summed E-state index contributed by atoms with van der Waals surface area (Å²) in [5.41, 5.74) is 16.0. The Balaban J connectivity index is 4.38. The van der Waals surface area contributed by atoms with Crippen LogP contribution in [0.5, 0.6) is 0 Å². The average molecular weight is 332 g/mol. The number of guanidine groups is 1. The van der Waals surface area contributed by atoms with Gasteiger partial charge in [0.05, 0.1) is 12.6 Å². The smallest absolute Gasteiger partial charge is 0.325 e. The van der Waals surface area contributed by atoms with E-state index in [-0.39, 0.29) is 12.4 Å². The molecule has 0 heterocycles. The van der Waals surface area contributed by atoms with Crippen LogP contribution in [-0.4, -0.2) is 65.2 Å². The SMILES string of the molecule is CC(NC(=O)C(CO)NC(=O)C(N)CCCN=C(N)N)C(=O)O. The fourth-order valence-electron chi connectivity index (χ4n) is 1.50. The molecule has 0 aromatic rings. The molecule has 0 aliphatic rings. The maximum Gasteiger partial charge on any atom is 0.325 e. The fraction of sp³-hybridized carbons (Fsp3) is 0.667. The third-order valence-corrected chi connectivity index (χ3v) is 2.85. The highest BCUT2D eigenvalue weighted by atomic mass is 16.4. The third-order valence-electron chi connectivity index (χ3n) is 2.85. The number of carbonyl (C=O) groups is 3. The standard InChI is InChI=1S/C12H24N6O5/c1-6(11(22)23)17-10(21)8(5-19)18-9(20)7(13)3-2-4-16-12(14)15/h6-8,19H,2-5,13H2,1H3,(H,17,21)(H,18,20)(H,22,23)(H4,14,15,16). The van der Waals surface area contributed by atoms with Crippen molar-refractivity contribution >= 4 is 23.7 Å². The normalized spacial score (nSPS) is 14.2. The van der Waals surface area contributed by atoms with E-state index in [4.69, 9.17) is 27.4 Å². The van der Waals surface area contributed by atoms with E-state index in [2.05, 4.69) is 15.6 Å². The minimum Gasteiger partial charge on any atom is -0.480 e. The van der Waals surface area contributed by atoms with Gasteiger partial charge >= 0.3 is 5.97 Å². The number of aliphatic hydroxyl groups is 1. The lowest BCUT2D eigenvalue weighted by Crippen LogP contribution is -2.55. The molecule has 23 heavy (non-hydrogen) atoms. The van der Waals surface area contributed by atoms with Crippen LogP contribution in [0.2, 0.25) is 0 Å². The van der Waals surface area contributed by atoms with Gasteiger partial charge in [0.25, 0.3) is 0 Å². The number of amides is 2. The maximum absolute atomic E-state index is 11.8. The zero-order valence-corrected chi connectivity index (χ0v) is 12.9. The number of aliphatic hydroxyl groups excluding tert-OH is 1. The molecule has 0 aromatic carbocycles. The summed E-state index contributed by atoms with van der Waals surface area (Å²) in [6.45, 7) is 0.875. The molecule has 11 nitrogen and oxygen atoms in total. The van der Waals surface area contributed by atoms with Gasteiger partial charge in [-0.3, -0.25) is 19.4 Å². The van der Waals surface area contributed by atoms with Crippen LogP contribution >= 0.6 is 0 Å². The Bertz CT molecular complexity index is 451. The number of hydrogen-bond donors (Lipinski definition) is 7. The van der Waals surface area contributed by atoms with Gasteiger partial charge in [0.15, 0.2) is 5.96 Å². The highest BCUT2D eigenvalue weighted by Gasteiger charge is 2.25. The van der Waals surface area contributed by atoms with Crippen molar-refractivity contribution in [3.05, 3.63) is 0 Å². The van der Waals surface area contributed by atoms with Crippen molar-refractivity contribution in [2.75, 3.05) is 13.2 Å². The van der Waals surface area contributed by atoms with Crippen molar-refractivity contribution in [1.82, 2.24) is 10.6 Å². The number of carboxylic acid groups (broad SMARTS) is 1. The molecule has 2 amide bonds. The van der Waals surface area contributed by atoms with Gasteiger partial charge in [0, 0.05) is 6.54 Å². The number of nitrogens with zero attached hydrogens (tertiary/aromatic N) is 1. The molecule has 0 radical (unpaired) electrons. The van der Waals surface area contributed by atoms with Crippen molar-refractivity contribution < 1.29 is 24.6 Å². The highest BCUT2D eigenvalue weighted by Crippen LogP contribution is 1.97. The Kier molecular flexibility index (Phi) is 9.27. The Morgan fingerprint density at radius 1 is 1.17 bits per heavy atom. The molecule has 0 fully saturated rings. The Hall–Kier alpha value is -2.40.